The highest BCUT2D eigenvalue weighted by atomic mass is 15.3. The summed E-state index contributed by atoms with van der Waals surface area (Å²) in [4.78, 5) is 17.1. The largest absolute Gasteiger partial charge is 0.368 e. The van der Waals surface area contributed by atoms with Crippen LogP contribution in [0.15, 0.2) is 0 Å². The van der Waals surface area contributed by atoms with Crippen molar-refractivity contribution >= 4 is 17.8 Å². The predicted molar refractivity (Wildman–Crippen MR) is 88.7 cm³/mol. The third kappa shape index (κ3) is 5.34. The van der Waals surface area contributed by atoms with Gasteiger partial charge in [0.25, 0.3) is 0 Å². The van der Waals surface area contributed by atoms with Crippen molar-refractivity contribution < 1.29 is 0 Å². The van der Waals surface area contributed by atoms with E-state index in [1.54, 1.807) is 0 Å². The van der Waals surface area contributed by atoms with E-state index in [4.69, 9.17) is 5.73 Å². The van der Waals surface area contributed by atoms with E-state index in [0.717, 1.165) is 32.6 Å². The minimum absolute atomic E-state index is 0.254. The Morgan fingerprint density at radius 2 is 1.81 bits per heavy atom. The standard InChI is InChI=1S/C14H29N7/c1-6-11(4)20(5)10-9-16-13-17-12(15)18-14(19-13)21(7-2)8-3/h11H,6-10H2,1-5H3,(H3,15,16,17,18,19). The lowest BCUT2D eigenvalue weighted by Gasteiger charge is -2.23. The van der Waals surface area contributed by atoms with Crippen LogP contribution in [0.4, 0.5) is 17.8 Å². The van der Waals surface area contributed by atoms with Crippen LogP contribution in [0.3, 0.4) is 0 Å². The van der Waals surface area contributed by atoms with Gasteiger partial charge in [-0.25, -0.2) is 0 Å². The molecule has 0 spiro atoms. The Labute approximate surface area is 128 Å². The molecule has 1 heterocycles. The molecule has 0 aliphatic rings. The van der Waals surface area contributed by atoms with Gasteiger partial charge in [-0.3, -0.25) is 0 Å². The average molecular weight is 295 g/mol. The normalized spacial score (nSPS) is 12.5. The summed E-state index contributed by atoms with van der Waals surface area (Å²) >= 11 is 0. The fourth-order valence-corrected chi connectivity index (χ4v) is 1.98. The summed E-state index contributed by atoms with van der Waals surface area (Å²) in [5.74, 6) is 1.43. The predicted octanol–water partition coefficient (Wildman–Crippen LogP) is 1.44. The molecule has 0 aliphatic heterocycles. The molecule has 0 radical (unpaired) electrons. The van der Waals surface area contributed by atoms with Gasteiger partial charge in [0.2, 0.25) is 17.8 Å². The summed E-state index contributed by atoms with van der Waals surface area (Å²) in [6, 6.07) is 0.571. The number of aromatic nitrogens is 3. The van der Waals surface area contributed by atoms with Gasteiger partial charge in [0.1, 0.15) is 0 Å². The quantitative estimate of drug-likeness (QED) is 0.713. The molecule has 7 heteroatoms. The molecule has 0 fully saturated rings. The van der Waals surface area contributed by atoms with E-state index in [0.29, 0.717) is 17.9 Å². The van der Waals surface area contributed by atoms with Gasteiger partial charge in [-0.2, -0.15) is 15.0 Å². The van der Waals surface area contributed by atoms with E-state index >= 15 is 0 Å². The topological polar surface area (TPSA) is 83.2 Å². The number of anilines is 3. The number of nitrogens with one attached hydrogen (secondary N) is 1. The van der Waals surface area contributed by atoms with Crippen LogP contribution in [-0.4, -0.2) is 59.1 Å². The van der Waals surface area contributed by atoms with E-state index in [1.807, 2.05) is 0 Å². The molecule has 0 aliphatic carbocycles. The number of nitrogens with zero attached hydrogens (tertiary/aromatic N) is 5. The maximum Gasteiger partial charge on any atom is 0.231 e. The maximum atomic E-state index is 5.77. The van der Waals surface area contributed by atoms with Crippen molar-refractivity contribution in [3.63, 3.8) is 0 Å². The smallest absolute Gasteiger partial charge is 0.231 e. The van der Waals surface area contributed by atoms with Crippen LogP contribution in [0.1, 0.15) is 34.1 Å². The summed E-state index contributed by atoms with van der Waals surface area (Å²) in [5.41, 5.74) is 5.77. The monoisotopic (exact) mass is 295 g/mol. The van der Waals surface area contributed by atoms with Crippen molar-refractivity contribution in [3.8, 4) is 0 Å². The first-order chi connectivity index (χ1) is 10.0. The van der Waals surface area contributed by atoms with Crippen LogP contribution in [0.2, 0.25) is 0 Å². The van der Waals surface area contributed by atoms with Gasteiger partial charge in [0, 0.05) is 32.2 Å². The van der Waals surface area contributed by atoms with Gasteiger partial charge >= 0.3 is 0 Å². The zero-order chi connectivity index (χ0) is 15.8. The van der Waals surface area contributed by atoms with Crippen molar-refractivity contribution in [2.24, 2.45) is 0 Å². The molecule has 1 aromatic rings. The zero-order valence-electron chi connectivity index (χ0n) is 13.9. The zero-order valence-corrected chi connectivity index (χ0v) is 13.9. The van der Waals surface area contributed by atoms with Gasteiger partial charge in [-0.15, -0.1) is 0 Å². The molecule has 3 N–H and O–H groups in total. The van der Waals surface area contributed by atoms with Gasteiger partial charge in [0.05, 0.1) is 0 Å². The van der Waals surface area contributed by atoms with E-state index in [2.05, 4.69) is 64.8 Å². The van der Waals surface area contributed by atoms with E-state index in [-0.39, 0.29) is 5.95 Å². The highest BCUT2D eigenvalue weighted by molar-refractivity contribution is 5.41. The molecule has 21 heavy (non-hydrogen) atoms. The Morgan fingerprint density at radius 3 is 2.38 bits per heavy atom. The van der Waals surface area contributed by atoms with Crippen molar-refractivity contribution in [3.05, 3.63) is 0 Å². The molecule has 0 saturated carbocycles. The Morgan fingerprint density at radius 1 is 1.14 bits per heavy atom. The lowest BCUT2D eigenvalue weighted by Crippen LogP contribution is -2.33. The molecule has 7 nitrogen and oxygen atoms in total. The molecule has 0 amide bonds. The minimum Gasteiger partial charge on any atom is -0.368 e. The van der Waals surface area contributed by atoms with E-state index in [9.17, 15) is 0 Å². The number of hydrogen-bond donors (Lipinski definition) is 2. The van der Waals surface area contributed by atoms with Crippen molar-refractivity contribution in [1.29, 1.82) is 0 Å². The molecule has 1 unspecified atom stereocenters. The fraction of sp³-hybridized carbons (Fsp3) is 0.786. The number of nitrogens with two attached hydrogens (primary N) is 1. The summed E-state index contributed by atoms with van der Waals surface area (Å²) in [5, 5.41) is 3.23. The van der Waals surface area contributed by atoms with Gasteiger partial charge in [-0.05, 0) is 34.2 Å². The van der Waals surface area contributed by atoms with Crippen LogP contribution in [0.5, 0.6) is 0 Å². The van der Waals surface area contributed by atoms with E-state index in [1.165, 1.54) is 0 Å². The number of rotatable bonds is 9. The summed E-state index contributed by atoms with van der Waals surface area (Å²) in [7, 11) is 2.12. The molecular weight excluding hydrogens is 266 g/mol. The summed E-state index contributed by atoms with van der Waals surface area (Å²) < 4.78 is 0. The molecule has 0 aromatic carbocycles. The number of hydrogen-bond acceptors (Lipinski definition) is 7. The SMILES string of the molecule is CCC(C)N(C)CCNc1nc(N)nc(N(CC)CC)n1. The van der Waals surface area contributed by atoms with Crippen molar-refractivity contribution in [1.82, 2.24) is 19.9 Å². The van der Waals surface area contributed by atoms with Crippen LogP contribution in [0.25, 0.3) is 0 Å². The van der Waals surface area contributed by atoms with Crippen LogP contribution < -0.4 is 16.0 Å². The Balaban J connectivity index is 2.63. The van der Waals surface area contributed by atoms with Gasteiger partial charge in [-0.1, -0.05) is 6.92 Å². The third-order valence-corrected chi connectivity index (χ3v) is 3.78. The first-order valence-corrected chi connectivity index (χ1v) is 7.72. The van der Waals surface area contributed by atoms with Crippen molar-refractivity contribution in [2.75, 3.05) is 49.2 Å². The molecule has 1 atom stereocenters. The Bertz CT molecular complexity index is 420. The minimum atomic E-state index is 0.254. The van der Waals surface area contributed by atoms with Gasteiger partial charge in [0.15, 0.2) is 0 Å². The highest BCUT2D eigenvalue weighted by Gasteiger charge is 2.10. The molecule has 120 valence electrons. The first kappa shape index (κ1) is 17.4. The second kappa shape index (κ2) is 8.61. The van der Waals surface area contributed by atoms with E-state index < -0.39 is 0 Å². The Hall–Kier alpha value is -1.63. The fourth-order valence-electron chi connectivity index (χ4n) is 1.98. The van der Waals surface area contributed by atoms with Crippen LogP contribution in [-0.2, 0) is 0 Å². The Kier molecular flexibility index (Phi) is 7.14. The summed E-state index contributed by atoms with van der Waals surface area (Å²) in [6.45, 7) is 11.9. The third-order valence-electron chi connectivity index (χ3n) is 3.78. The lowest BCUT2D eigenvalue weighted by molar-refractivity contribution is 0.261. The molecule has 1 rings (SSSR count). The number of nitrogen functional groups attached to an aromatic ring is 1. The summed E-state index contributed by atoms with van der Waals surface area (Å²) in [6.07, 6.45) is 1.14. The second-order valence-electron chi connectivity index (χ2n) is 5.15. The molecule has 1 aromatic heterocycles. The van der Waals surface area contributed by atoms with Crippen molar-refractivity contribution in [2.45, 2.75) is 40.2 Å². The molecule has 0 saturated heterocycles. The lowest BCUT2D eigenvalue weighted by atomic mass is 10.2. The van der Waals surface area contributed by atoms with Gasteiger partial charge < -0.3 is 20.9 Å². The second-order valence-corrected chi connectivity index (χ2v) is 5.15. The maximum absolute atomic E-state index is 5.77. The average Bonchev–Trinajstić information content (AvgIpc) is 2.47. The van der Waals surface area contributed by atoms with Crippen LogP contribution in [0, 0.1) is 0 Å². The molecule has 0 bridgehead atoms. The molecular formula is C14H29N7. The highest BCUT2D eigenvalue weighted by Crippen LogP contribution is 2.11. The first-order valence-electron chi connectivity index (χ1n) is 7.72. The van der Waals surface area contributed by atoms with Crippen LogP contribution >= 0.6 is 0 Å². The number of likely N-dealkylation sites (N-methyl/N-ethyl adjacent to an activating group) is 1.